The van der Waals surface area contributed by atoms with Crippen LogP contribution in [0.4, 0.5) is 0 Å². The van der Waals surface area contributed by atoms with E-state index in [1.807, 2.05) is 72.8 Å². The normalized spacial score (nSPS) is 11.0. The third kappa shape index (κ3) is 4.71. The van der Waals surface area contributed by atoms with Gasteiger partial charge in [-0.3, -0.25) is 9.59 Å². The standard InChI is InChI=1S/C31H25N5O3/c1-32-30(37)21-5-3-19-13-25(35-26(19)15-21)18-7-10-24(11-8-18)39-29-12-9-23(17-34-29)28-14-20-4-6-22(31(38)33-2)16-27(20)36-28/h3-17,35-36H,1-2H3,(H,32,37)(H,33,38). The van der Waals surface area contributed by atoms with Gasteiger partial charge in [-0.2, -0.15) is 0 Å². The van der Waals surface area contributed by atoms with Gasteiger partial charge in [-0.1, -0.05) is 12.1 Å². The molecule has 8 heteroatoms. The monoisotopic (exact) mass is 515 g/mol. The van der Waals surface area contributed by atoms with Crippen molar-refractivity contribution in [2.45, 2.75) is 0 Å². The Bertz CT molecular complexity index is 1700. The zero-order valence-corrected chi connectivity index (χ0v) is 21.3. The number of aromatic amines is 2. The Labute approximate surface area is 224 Å². The van der Waals surface area contributed by atoms with Crippen LogP contribution in [0.1, 0.15) is 20.7 Å². The molecule has 0 bridgehead atoms. The Kier molecular flexibility index (Phi) is 6.05. The summed E-state index contributed by atoms with van der Waals surface area (Å²) in [5.41, 5.74) is 6.77. The minimum Gasteiger partial charge on any atom is -0.439 e. The van der Waals surface area contributed by atoms with Gasteiger partial charge in [0.15, 0.2) is 0 Å². The van der Waals surface area contributed by atoms with Crippen molar-refractivity contribution < 1.29 is 14.3 Å². The number of benzene rings is 3. The first-order valence-corrected chi connectivity index (χ1v) is 12.4. The number of aromatic nitrogens is 3. The Balaban J connectivity index is 1.16. The summed E-state index contributed by atoms with van der Waals surface area (Å²) in [4.78, 5) is 35.1. The number of hydrogen-bond acceptors (Lipinski definition) is 4. The zero-order chi connectivity index (χ0) is 26.9. The van der Waals surface area contributed by atoms with Crippen molar-refractivity contribution >= 4 is 33.6 Å². The highest BCUT2D eigenvalue weighted by atomic mass is 16.5. The number of carbonyl (C=O) groups is 2. The van der Waals surface area contributed by atoms with Gasteiger partial charge >= 0.3 is 0 Å². The SMILES string of the molecule is CNC(=O)c1ccc2cc(-c3ccc(Oc4ccc(-c5cc6ccc(C(=O)NC)cc6[nH]5)cn4)cc3)[nH]c2c1. The first kappa shape index (κ1) is 24.0. The first-order chi connectivity index (χ1) is 19.0. The van der Waals surface area contributed by atoms with Gasteiger partial charge in [0, 0.05) is 76.2 Å². The van der Waals surface area contributed by atoms with Crippen molar-refractivity contribution in [1.82, 2.24) is 25.6 Å². The Morgan fingerprint density at radius 1 is 0.667 bits per heavy atom. The third-order valence-electron chi connectivity index (χ3n) is 6.66. The molecular formula is C31H25N5O3. The fourth-order valence-electron chi connectivity index (χ4n) is 4.56. The smallest absolute Gasteiger partial charge is 0.251 e. The van der Waals surface area contributed by atoms with Crippen LogP contribution < -0.4 is 15.4 Å². The molecule has 0 radical (unpaired) electrons. The van der Waals surface area contributed by atoms with Crippen LogP contribution >= 0.6 is 0 Å². The zero-order valence-electron chi connectivity index (χ0n) is 21.3. The van der Waals surface area contributed by atoms with Crippen LogP contribution in [0.15, 0.2) is 91.1 Å². The fourth-order valence-corrected chi connectivity index (χ4v) is 4.56. The Hall–Kier alpha value is -5.37. The molecular weight excluding hydrogens is 490 g/mol. The van der Waals surface area contributed by atoms with Crippen molar-refractivity contribution in [2.24, 2.45) is 0 Å². The highest BCUT2D eigenvalue weighted by Crippen LogP contribution is 2.29. The van der Waals surface area contributed by atoms with E-state index in [0.717, 1.165) is 44.3 Å². The summed E-state index contributed by atoms with van der Waals surface area (Å²) < 4.78 is 5.97. The van der Waals surface area contributed by atoms with Crippen LogP contribution in [0.3, 0.4) is 0 Å². The van der Waals surface area contributed by atoms with Crippen LogP contribution in [0, 0.1) is 0 Å². The maximum absolute atomic E-state index is 11.9. The molecule has 2 amide bonds. The molecule has 6 aromatic rings. The van der Waals surface area contributed by atoms with Gasteiger partial charge in [-0.15, -0.1) is 0 Å². The van der Waals surface area contributed by atoms with E-state index in [2.05, 4.69) is 31.7 Å². The first-order valence-electron chi connectivity index (χ1n) is 12.4. The van der Waals surface area contributed by atoms with E-state index in [1.54, 1.807) is 26.4 Å². The summed E-state index contributed by atoms with van der Waals surface area (Å²) >= 11 is 0. The molecule has 3 aromatic heterocycles. The van der Waals surface area contributed by atoms with Gasteiger partial charge in [-0.05, 0) is 72.3 Å². The molecule has 192 valence electrons. The lowest BCUT2D eigenvalue weighted by atomic mass is 10.1. The summed E-state index contributed by atoms with van der Waals surface area (Å²) in [6.07, 6.45) is 1.76. The third-order valence-corrected chi connectivity index (χ3v) is 6.66. The molecule has 0 atom stereocenters. The molecule has 39 heavy (non-hydrogen) atoms. The van der Waals surface area contributed by atoms with Gasteiger partial charge in [0.1, 0.15) is 5.75 Å². The predicted molar refractivity (Wildman–Crippen MR) is 152 cm³/mol. The molecule has 0 fully saturated rings. The largest absolute Gasteiger partial charge is 0.439 e. The number of rotatable bonds is 6. The fraction of sp³-hybridized carbons (Fsp3) is 0.0645. The van der Waals surface area contributed by atoms with E-state index < -0.39 is 0 Å². The van der Waals surface area contributed by atoms with Gasteiger partial charge in [0.25, 0.3) is 11.8 Å². The highest BCUT2D eigenvalue weighted by molar-refractivity contribution is 5.99. The molecule has 0 aliphatic rings. The number of nitrogens with one attached hydrogen (secondary N) is 4. The minimum atomic E-state index is -0.123. The van der Waals surface area contributed by atoms with Crippen molar-refractivity contribution in [3.8, 4) is 34.1 Å². The lowest BCUT2D eigenvalue weighted by Crippen LogP contribution is -2.17. The lowest BCUT2D eigenvalue weighted by Gasteiger charge is -2.06. The summed E-state index contributed by atoms with van der Waals surface area (Å²) in [7, 11) is 3.24. The second kappa shape index (κ2) is 9.83. The highest BCUT2D eigenvalue weighted by Gasteiger charge is 2.10. The van der Waals surface area contributed by atoms with E-state index >= 15 is 0 Å². The van der Waals surface area contributed by atoms with Crippen LogP contribution in [-0.2, 0) is 0 Å². The van der Waals surface area contributed by atoms with Crippen molar-refractivity contribution in [1.29, 1.82) is 0 Å². The van der Waals surface area contributed by atoms with Gasteiger partial charge in [0.05, 0.1) is 0 Å². The number of carbonyl (C=O) groups excluding carboxylic acids is 2. The molecule has 3 heterocycles. The molecule has 6 rings (SSSR count). The topological polar surface area (TPSA) is 112 Å². The molecule has 8 nitrogen and oxygen atoms in total. The number of fused-ring (bicyclic) bond motifs is 2. The Morgan fingerprint density at radius 2 is 1.21 bits per heavy atom. The Morgan fingerprint density at radius 3 is 1.72 bits per heavy atom. The van der Waals surface area contributed by atoms with E-state index in [4.69, 9.17) is 4.74 Å². The number of hydrogen-bond donors (Lipinski definition) is 4. The quantitative estimate of drug-likeness (QED) is 0.222. The second-order valence-electron chi connectivity index (χ2n) is 9.14. The molecule has 0 aliphatic heterocycles. The number of nitrogens with zero attached hydrogens (tertiary/aromatic N) is 1. The molecule has 0 aliphatic carbocycles. The average Bonchev–Trinajstić information content (AvgIpc) is 3.60. The summed E-state index contributed by atoms with van der Waals surface area (Å²) in [5, 5.41) is 7.34. The molecule has 0 unspecified atom stereocenters. The minimum absolute atomic E-state index is 0.117. The van der Waals surface area contributed by atoms with Gasteiger partial charge in [0.2, 0.25) is 5.88 Å². The average molecular weight is 516 g/mol. The summed E-state index contributed by atoms with van der Waals surface area (Å²) in [6, 6.07) is 26.8. The number of pyridine rings is 1. The summed E-state index contributed by atoms with van der Waals surface area (Å²) in [6.45, 7) is 0. The lowest BCUT2D eigenvalue weighted by molar-refractivity contribution is 0.0955. The molecule has 0 saturated carbocycles. The van der Waals surface area contributed by atoms with Crippen LogP contribution in [0.25, 0.3) is 44.3 Å². The van der Waals surface area contributed by atoms with Crippen LogP contribution in [-0.4, -0.2) is 40.9 Å². The number of amides is 2. The number of ether oxygens (including phenoxy) is 1. The molecule has 0 spiro atoms. The maximum Gasteiger partial charge on any atom is 0.251 e. The van der Waals surface area contributed by atoms with Crippen LogP contribution in [0.5, 0.6) is 11.6 Å². The molecule has 0 saturated heterocycles. The van der Waals surface area contributed by atoms with Crippen molar-refractivity contribution in [3.05, 3.63) is 102 Å². The predicted octanol–water partition coefficient (Wildman–Crippen LogP) is 5.89. The van der Waals surface area contributed by atoms with E-state index in [9.17, 15) is 9.59 Å². The maximum atomic E-state index is 11.9. The van der Waals surface area contributed by atoms with Crippen molar-refractivity contribution in [2.75, 3.05) is 14.1 Å². The van der Waals surface area contributed by atoms with Gasteiger partial charge in [-0.25, -0.2) is 4.98 Å². The summed E-state index contributed by atoms with van der Waals surface area (Å²) in [5.74, 6) is 0.914. The second-order valence-corrected chi connectivity index (χ2v) is 9.14. The number of H-pyrrole nitrogens is 2. The van der Waals surface area contributed by atoms with E-state index in [1.165, 1.54) is 0 Å². The van der Waals surface area contributed by atoms with Gasteiger partial charge < -0.3 is 25.3 Å². The molecule has 4 N–H and O–H groups in total. The molecule has 3 aromatic carbocycles. The van der Waals surface area contributed by atoms with Crippen LogP contribution in [0.2, 0.25) is 0 Å². The van der Waals surface area contributed by atoms with E-state index in [0.29, 0.717) is 22.8 Å². The van der Waals surface area contributed by atoms with E-state index in [-0.39, 0.29) is 11.8 Å². The van der Waals surface area contributed by atoms with Crippen molar-refractivity contribution in [3.63, 3.8) is 0 Å².